The van der Waals surface area contributed by atoms with E-state index in [1.54, 1.807) is 18.4 Å². The molecule has 0 atom stereocenters. The smallest absolute Gasteiger partial charge is 0.234 e. The standard InChI is InChI=1S/C22H19ClN4O2S/c1-14-8-9-16(23)12-19(14)24-20(28)13-30-22-26-25-21(18-10-11-29-15(18)2)27(22)17-6-4-3-5-7-17/h3-12H,13H2,1-2H3,(H,24,28). The van der Waals surface area contributed by atoms with Crippen LogP contribution in [-0.2, 0) is 4.79 Å². The van der Waals surface area contributed by atoms with Gasteiger partial charge in [-0.3, -0.25) is 9.36 Å². The topological polar surface area (TPSA) is 73.0 Å². The van der Waals surface area contributed by atoms with Gasteiger partial charge in [-0.15, -0.1) is 10.2 Å². The van der Waals surface area contributed by atoms with E-state index in [1.165, 1.54) is 11.8 Å². The third kappa shape index (κ3) is 4.27. The van der Waals surface area contributed by atoms with Crippen molar-refractivity contribution in [1.29, 1.82) is 0 Å². The Kier molecular flexibility index (Phi) is 5.92. The lowest BCUT2D eigenvalue weighted by molar-refractivity contribution is -0.113. The van der Waals surface area contributed by atoms with Crippen LogP contribution in [0.4, 0.5) is 5.69 Å². The number of amides is 1. The lowest BCUT2D eigenvalue weighted by Crippen LogP contribution is -2.15. The number of rotatable bonds is 6. The maximum absolute atomic E-state index is 12.5. The average Bonchev–Trinajstić information content (AvgIpc) is 3.35. The summed E-state index contributed by atoms with van der Waals surface area (Å²) in [5.41, 5.74) is 3.42. The zero-order chi connectivity index (χ0) is 21.1. The van der Waals surface area contributed by atoms with Gasteiger partial charge in [0, 0.05) is 16.4 Å². The Balaban J connectivity index is 1.59. The fourth-order valence-corrected chi connectivity index (χ4v) is 3.93. The third-order valence-electron chi connectivity index (χ3n) is 4.55. The highest BCUT2D eigenvalue weighted by Crippen LogP contribution is 2.30. The number of para-hydroxylation sites is 1. The molecule has 4 aromatic rings. The molecule has 0 aliphatic rings. The quantitative estimate of drug-likeness (QED) is 0.401. The first-order valence-electron chi connectivity index (χ1n) is 9.27. The molecule has 30 heavy (non-hydrogen) atoms. The van der Waals surface area contributed by atoms with Crippen LogP contribution in [0.1, 0.15) is 11.3 Å². The molecule has 0 unspecified atom stereocenters. The molecule has 152 valence electrons. The SMILES string of the molecule is Cc1ccc(Cl)cc1NC(=O)CSc1nnc(-c2ccoc2C)n1-c1ccccc1. The predicted molar refractivity (Wildman–Crippen MR) is 119 cm³/mol. The predicted octanol–water partition coefficient (Wildman–Crippen LogP) is 5.53. The molecular weight excluding hydrogens is 420 g/mol. The van der Waals surface area contributed by atoms with Gasteiger partial charge in [0.15, 0.2) is 11.0 Å². The lowest BCUT2D eigenvalue weighted by Gasteiger charge is -2.11. The van der Waals surface area contributed by atoms with Crippen molar-refractivity contribution in [1.82, 2.24) is 14.8 Å². The summed E-state index contributed by atoms with van der Waals surface area (Å²) in [4.78, 5) is 12.5. The van der Waals surface area contributed by atoms with Gasteiger partial charge in [-0.05, 0) is 49.7 Å². The van der Waals surface area contributed by atoms with Gasteiger partial charge in [-0.25, -0.2) is 0 Å². The summed E-state index contributed by atoms with van der Waals surface area (Å²) >= 11 is 7.36. The summed E-state index contributed by atoms with van der Waals surface area (Å²) in [7, 11) is 0. The van der Waals surface area contributed by atoms with E-state index in [-0.39, 0.29) is 11.7 Å². The molecule has 0 radical (unpaired) electrons. The molecule has 0 spiro atoms. The van der Waals surface area contributed by atoms with Crippen molar-refractivity contribution in [2.24, 2.45) is 0 Å². The van der Waals surface area contributed by atoms with E-state index < -0.39 is 0 Å². The number of aryl methyl sites for hydroxylation is 2. The van der Waals surface area contributed by atoms with Crippen LogP contribution in [0, 0.1) is 13.8 Å². The molecule has 0 aliphatic carbocycles. The number of carbonyl (C=O) groups excluding carboxylic acids is 1. The molecule has 4 rings (SSSR count). The highest BCUT2D eigenvalue weighted by atomic mass is 35.5. The normalized spacial score (nSPS) is 10.9. The van der Waals surface area contributed by atoms with Gasteiger partial charge in [-0.1, -0.05) is 47.6 Å². The van der Waals surface area contributed by atoms with Gasteiger partial charge >= 0.3 is 0 Å². The molecule has 1 amide bonds. The minimum absolute atomic E-state index is 0.144. The molecule has 0 fully saturated rings. The van der Waals surface area contributed by atoms with Crippen molar-refractivity contribution < 1.29 is 9.21 Å². The lowest BCUT2D eigenvalue weighted by atomic mass is 10.2. The second kappa shape index (κ2) is 8.77. The number of carbonyl (C=O) groups is 1. The number of nitrogens with one attached hydrogen (secondary N) is 1. The van der Waals surface area contributed by atoms with Crippen LogP contribution in [0.3, 0.4) is 0 Å². The number of hydrogen-bond acceptors (Lipinski definition) is 5. The number of furan rings is 1. The third-order valence-corrected chi connectivity index (χ3v) is 5.72. The summed E-state index contributed by atoms with van der Waals surface area (Å²) in [6.07, 6.45) is 1.63. The van der Waals surface area contributed by atoms with E-state index in [1.807, 2.05) is 60.9 Å². The molecule has 0 saturated heterocycles. The summed E-state index contributed by atoms with van der Waals surface area (Å²) in [6.45, 7) is 3.80. The summed E-state index contributed by atoms with van der Waals surface area (Å²) in [5, 5.41) is 12.8. The van der Waals surface area contributed by atoms with Crippen molar-refractivity contribution in [3.8, 4) is 17.1 Å². The first kappa shape index (κ1) is 20.3. The highest BCUT2D eigenvalue weighted by molar-refractivity contribution is 7.99. The second-order valence-electron chi connectivity index (χ2n) is 6.66. The van der Waals surface area contributed by atoms with E-state index >= 15 is 0 Å². The van der Waals surface area contributed by atoms with Crippen molar-refractivity contribution in [3.63, 3.8) is 0 Å². The molecule has 6 nitrogen and oxygen atoms in total. The number of nitrogens with zero attached hydrogens (tertiary/aromatic N) is 3. The Labute approximate surface area is 183 Å². The number of aromatic nitrogens is 3. The molecular formula is C22H19ClN4O2S. The maximum atomic E-state index is 12.5. The second-order valence-corrected chi connectivity index (χ2v) is 8.04. The maximum Gasteiger partial charge on any atom is 0.234 e. The van der Waals surface area contributed by atoms with Crippen LogP contribution < -0.4 is 5.32 Å². The van der Waals surface area contributed by atoms with E-state index in [4.69, 9.17) is 16.0 Å². The summed E-state index contributed by atoms with van der Waals surface area (Å²) < 4.78 is 7.37. The van der Waals surface area contributed by atoms with E-state index in [2.05, 4.69) is 15.5 Å². The number of hydrogen-bond donors (Lipinski definition) is 1. The molecule has 2 aromatic carbocycles. The van der Waals surface area contributed by atoms with Gasteiger partial charge in [0.05, 0.1) is 17.6 Å². The minimum Gasteiger partial charge on any atom is -0.469 e. The minimum atomic E-state index is -0.144. The Bertz CT molecular complexity index is 1190. The fraction of sp³-hybridized carbons (Fsp3) is 0.136. The van der Waals surface area contributed by atoms with E-state index in [0.717, 1.165) is 22.6 Å². The van der Waals surface area contributed by atoms with E-state index in [9.17, 15) is 4.79 Å². The van der Waals surface area contributed by atoms with Crippen LogP contribution in [0.15, 0.2) is 70.4 Å². The first-order valence-corrected chi connectivity index (χ1v) is 10.6. The largest absolute Gasteiger partial charge is 0.469 e. The number of halogens is 1. The van der Waals surface area contributed by atoms with Crippen LogP contribution in [0.2, 0.25) is 5.02 Å². The average molecular weight is 439 g/mol. The fourth-order valence-electron chi connectivity index (χ4n) is 3.01. The number of thioether (sulfide) groups is 1. The monoisotopic (exact) mass is 438 g/mol. The molecule has 8 heteroatoms. The van der Waals surface area contributed by atoms with Gasteiger partial charge < -0.3 is 9.73 Å². The zero-order valence-electron chi connectivity index (χ0n) is 16.4. The summed E-state index contributed by atoms with van der Waals surface area (Å²) in [5.74, 6) is 1.46. The van der Waals surface area contributed by atoms with Crippen molar-refractivity contribution in [2.75, 3.05) is 11.1 Å². The zero-order valence-corrected chi connectivity index (χ0v) is 18.0. The Morgan fingerprint density at radius 2 is 1.93 bits per heavy atom. The molecule has 0 saturated carbocycles. The Hall–Kier alpha value is -3.03. The molecule has 2 aromatic heterocycles. The van der Waals surface area contributed by atoms with E-state index in [0.29, 0.717) is 21.7 Å². The molecule has 1 N–H and O–H groups in total. The Morgan fingerprint density at radius 3 is 2.67 bits per heavy atom. The Morgan fingerprint density at radius 1 is 1.13 bits per heavy atom. The van der Waals surface area contributed by atoms with Crippen LogP contribution in [0.25, 0.3) is 17.1 Å². The van der Waals surface area contributed by atoms with Gasteiger partial charge in [0.1, 0.15) is 5.76 Å². The van der Waals surface area contributed by atoms with Crippen LogP contribution >= 0.6 is 23.4 Å². The van der Waals surface area contributed by atoms with Crippen LogP contribution in [0.5, 0.6) is 0 Å². The highest BCUT2D eigenvalue weighted by Gasteiger charge is 2.19. The van der Waals surface area contributed by atoms with Crippen LogP contribution in [-0.4, -0.2) is 26.4 Å². The molecule has 0 bridgehead atoms. The number of anilines is 1. The summed E-state index contributed by atoms with van der Waals surface area (Å²) in [6, 6.07) is 17.1. The first-order chi connectivity index (χ1) is 14.5. The van der Waals surface area contributed by atoms with Gasteiger partial charge in [0.2, 0.25) is 5.91 Å². The van der Waals surface area contributed by atoms with Gasteiger partial charge in [-0.2, -0.15) is 0 Å². The van der Waals surface area contributed by atoms with Crippen molar-refractivity contribution in [2.45, 2.75) is 19.0 Å². The molecule has 0 aliphatic heterocycles. The molecule has 2 heterocycles. The number of benzene rings is 2. The van der Waals surface area contributed by atoms with Gasteiger partial charge in [0.25, 0.3) is 0 Å². The van der Waals surface area contributed by atoms with Crippen molar-refractivity contribution >= 4 is 35.0 Å². The van der Waals surface area contributed by atoms with Crippen molar-refractivity contribution in [3.05, 3.63) is 77.2 Å².